The van der Waals surface area contributed by atoms with Crippen LogP contribution in [0.4, 0.5) is 0 Å². The lowest BCUT2D eigenvalue weighted by molar-refractivity contribution is 0.328. The van der Waals surface area contributed by atoms with E-state index in [0.29, 0.717) is 5.41 Å². The Kier molecular flexibility index (Phi) is 4.37. The zero-order valence-electron chi connectivity index (χ0n) is 12.0. The largest absolute Gasteiger partial charge is 0.322 e. The van der Waals surface area contributed by atoms with E-state index >= 15 is 0 Å². The zero-order valence-corrected chi connectivity index (χ0v) is 12.0. The second kappa shape index (κ2) is 5.22. The van der Waals surface area contributed by atoms with Gasteiger partial charge in [0.1, 0.15) is 0 Å². The van der Waals surface area contributed by atoms with Crippen LogP contribution in [-0.4, -0.2) is 0 Å². The summed E-state index contributed by atoms with van der Waals surface area (Å²) in [6.45, 7) is 11.1. The third-order valence-electron chi connectivity index (χ3n) is 3.33. The molecule has 0 saturated carbocycles. The number of benzene rings is 1. The van der Waals surface area contributed by atoms with Crippen molar-refractivity contribution >= 4 is 0 Å². The Bertz CT molecular complexity index is 341. The molecule has 1 nitrogen and oxygen atoms in total. The molecule has 0 aliphatic rings. The molecule has 0 aliphatic heterocycles. The van der Waals surface area contributed by atoms with Crippen LogP contribution < -0.4 is 5.73 Å². The van der Waals surface area contributed by atoms with Crippen molar-refractivity contribution in [3.05, 3.63) is 35.4 Å². The molecule has 1 heteroatoms. The number of hydrogen-bond donors (Lipinski definition) is 1. The average molecular weight is 233 g/mol. The molecule has 0 radical (unpaired) electrons. The van der Waals surface area contributed by atoms with E-state index < -0.39 is 0 Å². The highest BCUT2D eigenvalue weighted by atomic mass is 14.7. The van der Waals surface area contributed by atoms with Gasteiger partial charge in [-0.3, -0.25) is 0 Å². The summed E-state index contributed by atoms with van der Waals surface area (Å²) in [7, 11) is 0. The quantitative estimate of drug-likeness (QED) is 0.820. The number of aryl methyl sites for hydroxylation is 1. The molecule has 1 aromatic carbocycles. The third-order valence-corrected chi connectivity index (χ3v) is 3.33. The molecule has 0 amide bonds. The van der Waals surface area contributed by atoms with Gasteiger partial charge in [-0.25, -0.2) is 0 Å². The highest BCUT2D eigenvalue weighted by Crippen LogP contribution is 2.28. The van der Waals surface area contributed by atoms with Gasteiger partial charge in [0.05, 0.1) is 0 Å². The summed E-state index contributed by atoms with van der Waals surface area (Å²) in [6.07, 6.45) is 3.46. The van der Waals surface area contributed by atoms with Crippen molar-refractivity contribution in [3.8, 4) is 0 Å². The lowest BCUT2D eigenvalue weighted by atomic mass is 9.83. The van der Waals surface area contributed by atoms with Gasteiger partial charge in [0.15, 0.2) is 0 Å². The van der Waals surface area contributed by atoms with Crippen LogP contribution in [0.5, 0.6) is 0 Å². The van der Waals surface area contributed by atoms with E-state index in [9.17, 15) is 0 Å². The minimum atomic E-state index is -0.195. The molecular formula is C16H27N. The number of hydrogen-bond acceptors (Lipinski definition) is 1. The zero-order chi connectivity index (χ0) is 13.1. The van der Waals surface area contributed by atoms with Gasteiger partial charge < -0.3 is 5.73 Å². The Morgan fingerprint density at radius 3 is 1.94 bits per heavy atom. The van der Waals surface area contributed by atoms with Crippen molar-refractivity contribution in [1.29, 1.82) is 0 Å². The van der Waals surface area contributed by atoms with Crippen LogP contribution in [0.15, 0.2) is 24.3 Å². The van der Waals surface area contributed by atoms with Crippen LogP contribution in [0.25, 0.3) is 0 Å². The summed E-state index contributed by atoms with van der Waals surface area (Å²) in [5.74, 6) is 0. The van der Waals surface area contributed by atoms with Crippen molar-refractivity contribution < 1.29 is 0 Å². The smallest absolute Gasteiger partial charge is 0.0381 e. The fourth-order valence-corrected chi connectivity index (χ4v) is 2.06. The normalized spacial score (nSPS) is 15.6. The third kappa shape index (κ3) is 4.91. The van der Waals surface area contributed by atoms with Crippen molar-refractivity contribution in [3.63, 3.8) is 0 Å². The van der Waals surface area contributed by atoms with Crippen molar-refractivity contribution in [2.75, 3.05) is 0 Å². The molecule has 0 bridgehead atoms. The van der Waals surface area contributed by atoms with Crippen molar-refractivity contribution in [1.82, 2.24) is 0 Å². The molecule has 0 aliphatic carbocycles. The summed E-state index contributed by atoms with van der Waals surface area (Å²) >= 11 is 0. The topological polar surface area (TPSA) is 26.0 Å². The lowest BCUT2D eigenvalue weighted by Crippen LogP contribution is -2.33. The summed E-state index contributed by atoms with van der Waals surface area (Å²) < 4.78 is 0. The molecule has 17 heavy (non-hydrogen) atoms. The fourth-order valence-electron chi connectivity index (χ4n) is 2.06. The lowest BCUT2D eigenvalue weighted by Gasteiger charge is -2.27. The molecule has 0 aromatic heterocycles. The Morgan fingerprint density at radius 2 is 1.47 bits per heavy atom. The van der Waals surface area contributed by atoms with E-state index in [4.69, 9.17) is 5.73 Å². The van der Waals surface area contributed by atoms with E-state index in [1.54, 1.807) is 0 Å². The van der Waals surface area contributed by atoms with Crippen LogP contribution in [-0.2, 0) is 5.54 Å². The summed E-state index contributed by atoms with van der Waals surface area (Å²) in [6, 6.07) is 8.60. The highest BCUT2D eigenvalue weighted by molar-refractivity contribution is 5.26. The first-order chi connectivity index (χ1) is 7.71. The minimum absolute atomic E-state index is 0.195. The molecule has 0 fully saturated rings. The van der Waals surface area contributed by atoms with E-state index in [2.05, 4.69) is 58.9 Å². The molecule has 0 saturated heterocycles. The van der Waals surface area contributed by atoms with E-state index in [-0.39, 0.29) is 5.54 Å². The standard InChI is InChI=1S/C16H27N/c1-13-7-9-14(10-8-13)16(5,17)12-6-11-15(2,3)4/h7-10H,6,11-12,17H2,1-5H3. The second-order valence-corrected chi connectivity index (χ2v) is 6.70. The van der Waals surface area contributed by atoms with Crippen molar-refractivity contribution in [2.45, 2.75) is 59.4 Å². The molecule has 1 atom stereocenters. The molecule has 1 unspecified atom stereocenters. The molecule has 2 N–H and O–H groups in total. The van der Waals surface area contributed by atoms with Gasteiger partial charge in [-0.05, 0) is 37.7 Å². The van der Waals surface area contributed by atoms with E-state index in [1.807, 2.05) is 0 Å². The van der Waals surface area contributed by atoms with Gasteiger partial charge in [0.25, 0.3) is 0 Å². The highest BCUT2D eigenvalue weighted by Gasteiger charge is 2.21. The van der Waals surface area contributed by atoms with Gasteiger partial charge in [-0.15, -0.1) is 0 Å². The number of nitrogens with two attached hydrogens (primary N) is 1. The predicted octanol–water partition coefficient (Wildman–Crippen LogP) is 4.39. The van der Waals surface area contributed by atoms with Gasteiger partial charge >= 0.3 is 0 Å². The Hall–Kier alpha value is -0.820. The molecular weight excluding hydrogens is 206 g/mol. The Morgan fingerprint density at radius 1 is 0.941 bits per heavy atom. The maximum Gasteiger partial charge on any atom is 0.0381 e. The van der Waals surface area contributed by atoms with E-state index in [0.717, 1.165) is 6.42 Å². The first-order valence-corrected chi connectivity index (χ1v) is 6.57. The van der Waals surface area contributed by atoms with Crippen LogP contribution in [0.2, 0.25) is 0 Å². The van der Waals surface area contributed by atoms with Gasteiger partial charge in [0.2, 0.25) is 0 Å². The molecule has 1 aromatic rings. The summed E-state index contributed by atoms with van der Waals surface area (Å²) in [4.78, 5) is 0. The minimum Gasteiger partial charge on any atom is -0.322 e. The van der Waals surface area contributed by atoms with Crippen LogP contribution in [0.3, 0.4) is 0 Å². The fraction of sp³-hybridized carbons (Fsp3) is 0.625. The predicted molar refractivity (Wildman–Crippen MR) is 76.0 cm³/mol. The maximum atomic E-state index is 6.42. The van der Waals surface area contributed by atoms with Crippen LogP contribution in [0.1, 0.15) is 58.1 Å². The van der Waals surface area contributed by atoms with E-state index in [1.165, 1.54) is 24.0 Å². The summed E-state index contributed by atoms with van der Waals surface area (Å²) in [5, 5.41) is 0. The van der Waals surface area contributed by atoms with Crippen molar-refractivity contribution in [2.24, 2.45) is 11.1 Å². The Balaban J connectivity index is 2.59. The van der Waals surface area contributed by atoms with Crippen LogP contribution >= 0.6 is 0 Å². The molecule has 1 rings (SSSR count). The van der Waals surface area contributed by atoms with Crippen LogP contribution in [0, 0.1) is 12.3 Å². The van der Waals surface area contributed by atoms with Gasteiger partial charge in [0, 0.05) is 5.54 Å². The first-order valence-electron chi connectivity index (χ1n) is 6.57. The molecule has 0 spiro atoms. The maximum absolute atomic E-state index is 6.42. The SMILES string of the molecule is Cc1ccc(C(C)(N)CCCC(C)(C)C)cc1. The first kappa shape index (κ1) is 14.2. The second-order valence-electron chi connectivity index (χ2n) is 6.70. The molecule has 0 heterocycles. The average Bonchev–Trinajstić information content (AvgIpc) is 2.15. The van der Waals surface area contributed by atoms with Gasteiger partial charge in [-0.2, -0.15) is 0 Å². The Labute approximate surface area is 106 Å². The van der Waals surface area contributed by atoms with Gasteiger partial charge in [-0.1, -0.05) is 57.0 Å². The summed E-state index contributed by atoms with van der Waals surface area (Å²) in [5.41, 5.74) is 9.17. The monoisotopic (exact) mass is 233 g/mol. The molecule has 96 valence electrons. The number of rotatable bonds is 4.